The molecule has 1 N–H and O–H groups in total. The molecule has 6 heteroatoms. The maximum Gasteiger partial charge on any atom is 0.299 e. The topological polar surface area (TPSA) is 66.5 Å². The average molecular weight is 311 g/mol. The molecule has 1 aromatic carbocycles. The third kappa shape index (κ3) is 2.15. The van der Waals surface area contributed by atoms with Gasteiger partial charge >= 0.3 is 0 Å². The number of anilines is 1. The highest BCUT2D eigenvalue weighted by Gasteiger charge is 2.35. The molecule has 1 aliphatic heterocycles. The van der Waals surface area contributed by atoms with Gasteiger partial charge in [-0.15, -0.1) is 0 Å². The average Bonchev–Trinajstić information content (AvgIpc) is 2.60. The Kier molecular flexibility index (Phi) is 3.47. The van der Waals surface area contributed by atoms with Crippen molar-refractivity contribution in [2.45, 2.75) is 6.42 Å². The predicted octanol–water partition coefficient (Wildman–Crippen LogP) is 1.11. The summed E-state index contributed by atoms with van der Waals surface area (Å²) in [5, 5.41) is 2.48. The first-order valence-corrected chi connectivity index (χ1v) is 6.20. The maximum atomic E-state index is 11.8. The van der Waals surface area contributed by atoms with E-state index < -0.39 is 11.7 Å². The third-order valence-corrected chi connectivity index (χ3v) is 3.27. The van der Waals surface area contributed by atoms with Gasteiger partial charge in [0, 0.05) is 24.5 Å². The number of Topliss-reactive ketones (excluding diaryl/α,β-unsaturated/α-hetero) is 1. The van der Waals surface area contributed by atoms with E-state index in [2.05, 4.69) is 21.2 Å². The van der Waals surface area contributed by atoms with Gasteiger partial charge in [0.05, 0.1) is 11.3 Å². The Morgan fingerprint density at radius 3 is 2.78 bits per heavy atom. The number of carbonyl (C=O) groups is 3. The summed E-state index contributed by atoms with van der Waals surface area (Å²) < 4.78 is 0.746. The van der Waals surface area contributed by atoms with Gasteiger partial charge in [-0.1, -0.05) is 15.9 Å². The number of carbonyl (C=O) groups excluding carboxylic acids is 3. The number of ketones is 1. The number of halogens is 1. The van der Waals surface area contributed by atoms with Crippen LogP contribution in [-0.2, 0) is 9.59 Å². The lowest BCUT2D eigenvalue weighted by molar-refractivity contribution is -0.120. The van der Waals surface area contributed by atoms with Crippen LogP contribution in [0.25, 0.3) is 0 Å². The van der Waals surface area contributed by atoms with Gasteiger partial charge in [-0.05, 0) is 18.2 Å². The summed E-state index contributed by atoms with van der Waals surface area (Å²) in [6.45, 7) is 0.207. The zero-order valence-electron chi connectivity index (χ0n) is 9.70. The van der Waals surface area contributed by atoms with E-state index in [0.717, 1.165) is 4.47 Å². The molecule has 0 fully saturated rings. The zero-order valence-corrected chi connectivity index (χ0v) is 11.3. The monoisotopic (exact) mass is 310 g/mol. The van der Waals surface area contributed by atoms with Crippen molar-refractivity contribution < 1.29 is 14.4 Å². The molecule has 0 saturated heterocycles. The fourth-order valence-corrected chi connectivity index (χ4v) is 2.19. The molecule has 0 saturated carbocycles. The minimum Gasteiger partial charge on any atom is -0.359 e. The van der Waals surface area contributed by atoms with Crippen molar-refractivity contribution in [3.05, 3.63) is 28.2 Å². The summed E-state index contributed by atoms with van der Waals surface area (Å²) in [5.41, 5.74) is 0.948. The van der Waals surface area contributed by atoms with Crippen LogP contribution in [-0.4, -0.2) is 31.2 Å². The summed E-state index contributed by atoms with van der Waals surface area (Å²) in [6.07, 6.45) is 0.172. The number of nitrogens with zero attached hydrogens (tertiary/aromatic N) is 1. The summed E-state index contributed by atoms with van der Waals surface area (Å²) in [7, 11) is 1.53. The molecule has 2 rings (SSSR count). The Bertz CT molecular complexity index is 542. The quantitative estimate of drug-likeness (QED) is 0.851. The van der Waals surface area contributed by atoms with Crippen LogP contribution >= 0.6 is 15.9 Å². The number of rotatable bonds is 3. The standard InChI is InChI=1S/C12H11BrN2O3/c1-14-10(16)4-5-15-9-3-2-7(13)6-8(9)11(17)12(15)18/h2-3,6H,4-5H2,1H3,(H,14,16). The molecule has 0 radical (unpaired) electrons. The van der Waals surface area contributed by atoms with Crippen molar-refractivity contribution in [3.8, 4) is 0 Å². The van der Waals surface area contributed by atoms with E-state index in [1.165, 1.54) is 11.9 Å². The Morgan fingerprint density at radius 2 is 2.11 bits per heavy atom. The van der Waals surface area contributed by atoms with Crippen molar-refractivity contribution in [3.63, 3.8) is 0 Å². The van der Waals surface area contributed by atoms with E-state index in [1.807, 2.05) is 0 Å². The van der Waals surface area contributed by atoms with Crippen molar-refractivity contribution in [2.24, 2.45) is 0 Å². The molecule has 1 aliphatic rings. The van der Waals surface area contributed by atoms with Gasteiger partial charge < -0.3 is 10.2 Å². The molecule has 0 aromatic heterocycles. The summed E-state index contributed by atoms with van der Waals surface area (Å²) in [5.74, 6) is -1.27. The van der Waals surface area contributed by atoms with Gasteiger partial charge in [0.15, 0.2) is 0 Å². The molecule has 18 heavy (non-hydrogen) atoms. The Balaban J connectivity index is 2.26. The van der Waals surface area contributed by atoms with Gasteiger partial charge in [-0.25, -0.2) is 0 Å². The summed E-state index contributed by atoms with van der Waals surface area (Å²) in [6, 6.07) is 5.08. The van der Waals surface area contributed by atoms with Crippen LogP contribution in [0.4, 0.5) is 5.69 Å². The molecule has 0 spiro atoms. The number of benzene rings is 1. The first-order valence-electron chi connectivity index (χ1n) is 5.41. The number of nitrogens with one attached hydrogen (secondary N) is 1. The highest BCUT2D eigenvalue weighted by Crippen LogP contribution is 2.31. The second-order valence-electron chi connectivity index (χ2n) is 3.87. The third-order valence-electron chi connectivity index (χ3n) is 2.77. The lowest BCUT2D eigenvalue weighted by Crippen LogP contribution is -2.33. The fraction of sp³-hybridized carbons (Fsp3) is 0.250. The van der Waals surface area contributed by atoms with E-state index in [4.69, 9.17) is 0 Å². The van der Waals surface area contributed by atoms with Gasteiger partial charge in [0.1, 0.15) is 0 Å². The highest BCUT2D eigenvalue weighted by molar-refractivity contribution is 9.10. The number of amides is 2. The molecule has 0 atom stereocenters. The van der Waals surface area contributed by atoms with Crippen LogP contribution in [0.5, 0.6) is 0 Å². The van der Waals surface area contributed by atoms with Crippen LogP contribution in [0, 0.1) is 0 Å². The van der Waals surface area contributed by atoms with Crippen LogP contribution < -0.4 is 10.2 Å². The summed E-state index contributed by atoms with van der Waals surface area (Å²) in [4.78, 5) is 36.1. The van der Waals surface area contributed by atoms with Crippen LogP contribution in [0.1, 0.15) is 16.8 Å². The van der Waals surface area contributed by atoms with Gasteiger partial charge in [0.2, 0.25) is 5.91 Å². The number of hydrogen-bond acceptors (Lipinski definition) is 3. The second kappa shape index (κ2) is 4.89. The molecular weight excluding hydrogens is 300 g/mol. The Hall–Kier alpha value is -1.69. The van der Waals surface area contributed by atoms with Crippen molar-refractivity contribution in [1.29, 1.82) is 0 Å². The largest absolute Gasteiger partial charge is 0.359 e. The SMILES string of the molecule is CNC(=O)CCN1C(=O)C(=O)c2cc(Br)ccc21. The van der Waals surface area contributed by atoms with E-state index in [0.29, 0.717) is 11.3 Å². The molecule has 1 aromatic rings. The molecule has 5 nitrogen and oxygen atoms in total. The maximum absolute atomic E-state index is 11.8. The molecule has 94 valence electrons. The van der Waals surface area contributed by atoms with Crippen LogP contribution in [0.3, 0.4) is 0 Å². The van der Waals surface area contributed by atoms with E-state index >= 15 is 0 Å². The minimum absolute atomic E-state index is 0.166. The summed E-state index contributed by atoms with van der Waals surface area (Å²) >= 11 is 3.26. The Morgan fingerprint density at radius 1 is 1.39 bits per heavy atom. The highest BCUT2D eigenvalue weighted by atomic mass is 79.9. The normalized spacial score (nSPS) is 13.8. The molecule has 0 aliphatic carbocycles. The first-order chi connectivity index (χ1) is 8.54. The van der Waals surface area contributed by atoms with Gasteiger partial charge in [-0.3, -0.25) is 14.4 Å². The lowest BCUT2D eigenvalue weighted by Gasteiger charge is -2.15. The van der Waals surface area contributed by atoms with E-state index in [9.17, 15) is 14.4 Å². The van der Waals surface area contributed by atoms with Crippen molar-refractivity contribution >= 4 is 39.2 Å². The number of fused-ring (bicyclic) bond motifs is 1. The van der Waals surface area contributed by atoms with E-state index in [-0.39, 0.29) is 18.9 Å². The predicted molar refractivity (Wildman–Crippen MR) is 69.5 cm³/mol. The fourth-order valence-electron chi connectivity index (χ4n) is 1.83. The second-order valence-corrected chi connectivity index (χ2v) is 4.79. The van der Waals surface area contributed by atoms with Crippen molar-refractivity contribution in [2.75, 3.05) is 18.5 Å². The minimum atomic E-state index is -0.577. The molecule has 0 unspecified atom stereocenters. The molecule has 1 heterocycles. The van der Waals surface area contributed by atoms with Crippen LogP contribution in [0.2, 0.25) is 0 Å². The first kappa shape index (κ1) is 12.8. The van der Waals surface area contributed by atoms with E-state index in [1.54, 1.807) is 18.2 Å². The molecule has 0 bridgehead atoms. The smallest absolute Gasteiger partial charge is 0.299 e. The van der Waals surface area contributed by atoms with Crippen molar-refractivity contribution in [1.82, 2.24) is 5.32 Å². The van der Waals surface area contributed by atoms with Crippen LogP contribution in [0.15, 0.2) is 22.7 Å². The lowest BCUT2D eigenvalue weighted by atomic mass is 10.1. The zero-order chi connectivity index (χ0) is 13.3. The number of hydrogen-bond donors (Lipinski definition) is 1. The molecular formula is C12H11BrN2O3. The Labute approximate surface area is 112 Å². The van der Waals surface area contributed by atoms with Gasteiger partial charge in [-0.2, -0.15) is 0 Å². The molecule has 2 amide bonds. The van der Waals surface area contributed by atoms with Gasteiger partial charge in [0.25, 0.3) is 11.7 Å².